The molecular weight excluding hydrogens is 410 g/mol. The highest BCUT2D eigenvalue weighted by molar-refractivity contribution is 9.10. The van der Waals surface area contributed by atoms with Crippen molar-refractivity contribution in [1.82, 2.24) is 15.3 Å². The molecule has 1 aliphatic rings. The molecule has 3 N–H and O–H groups in total. The lowest BCUT2D eigenvalue weighted by atomic mass is 10.1. The third kappa shape index (κ3) is 5.05. The Morgan fingerprint density at radius 2 is 2.22 bits per heavy atom. The first-order valence-corrected chi connectivity index (χ1v) is 9.56. The zero-order valence-electron chi connectivity index (χ0n) is 15.0. The number of piperidine rings is 1. The van der Waals surface area contributed by atoms with Crippen LogP contribution in [0.3, 0.4) is 0 Å². The molecule has 1 aromatic heterocycles. The van der Waals surface area contributed by atoms with Crippen molar-refractivity contribution in [3.63, 3.8) is 0 Å². The number of aliphatic hydroxyl groups excluding tert-OH is 1. The van der Waals surface area contributed by atoms with Gasteiger partial charge in [0.25, 0.3) is 0 Å². The Bertz CT molecular complexity index is 843. The van der Waals surface area contributed by atoms with Crippen LogP contribution in [0.15, 0.2) is 34.9 Å². The Hall–Kier alpha value is -2.45. The average molecular weight is 432 g/mol. The maximum Gasteiger partial charge on any atom is 0.227 e. The zero-order chi connectivity index (χ0) is 19.2. The number of nitrogens with zero attached hydrogens (tertiary/aromatic N) is 3. The quantitative estimate of drug-likeness (QED) is 0.609. The topological polar surface area (TPSA) is 90.4 Å². The van der Waals surface area contributed by atoms with E-state index in [0.717, 1.165) is 35.1 Å². The molecule has 2 aromatic rings. The first-order chi connectivity index (χ1) is 13.1. The Balaban J connectivity index is 1.97. The van der Waals surface area contributed by atoms with Gasteiger partial charge in [-0.05, 0) is 44.0 Å². The molecule has 1 saturated heterocycles. The molecule has 0 aliphatic carbocycles. The van der Waals surface area contributed by atoms with Crippen LogP contribution < -0.4 is 15.5 Å². The normalized spacial score (nSPS) is 17.1. The van der Waals surface area contributed by atoms with Crippen LogP contribution in [0, 0.1) is 6.92 Å². The Labute approximate surface area is 166 Å². The van der Waals surface area contributed by atoms with Crippen LogP contribution in [-0.4, -0.2) is 40.7 Å². The van der Waals surface area contributed by atoms with Gasteiger partial charge in [0.2, 0.25) is 12.4 Å². The lowest BCUT2D eigenvalue weighted by Crippen LogP contribution is -2.39. The number of benzene rings is 1. The monoisotopic (exact) mass is 431 g/mol. The van der Waals surface area contributed by atoms with E-state index in [4.69, 9.17) is 4.98 Å². The summed E-state index contributed by atoms with van der Waals surface area (Å²) in [6.07, 6.45) is 5.20. The first kappa shape index (κ1) is 19.3. The van der Waals surface area contributed by atoms with Crippen molar-refractivity contribution in [2.45, 2.75) is 25.9 Å². The van der Waals surface area contributed by atoms with Crippen LogP contribution in [0.1, 0.15) is 24.1 Å². The van der Waals surface area contributed by atoms with Crippen LogP contribution >= 0.6 is 15.9 Å². The molecule has 27 heavy (non-hydrogen) atoms. The summed E-state index contributed by atoms with van der Waals surface area (Å²) >= 11 is 3.47. The van der Waals surface area contributed by atoms with Crippen LogP contribution in [-0.2, 0) is 4.79 Å². The van der Waals surface area contributed by atoms with Crippen molar-refractivity contribution in [2.75, 3.05) is 23.3 Å². The van der Waals surface area contributed by atoms with Crippen LogP contribution in [0.5, 0.6) is 0 Å². The number of aromatic nitrogens is 2. The predicted octanol–water partition coefficient (Wildman–Crippen LogP) is 2.97. The maximum absolute atomic E-state index is 10.5. The number of carbonyl (C=O) groups excluding carboxylic acids is 1. The van der Waals surface area contributed by atoms with Gasteiger partial charge >= 0.3 is 0 Å². The summed E-state index contributed by atoms with van der Waals surface area (Å²) in [5, 5.41) is 15.8. The second-order valence-electron chi connectivity index (χ2n) is 6.38. The Morgan fingerprint density at radius 3 is 2.96 bits per heavy atom. The third-order valence-electron chi connectivity index (χ3n) is 4.34. The van der Waals surface area contributed by atoms with Gasteiger partial charge in [0, 0.05) is 35.0 Å². The number of hydrogen-bond donors (Lipinski definition) is 3. The van der Waals surface area contributed by atoms with Crippen LogP contribution in [0.4, 0.5) is 17.5 Å². The fourth-order valence-corrected chi connectivity index (χ4v) is 3.35. The second-order valence-corrected chi connectivity index (χ2v) is 7.29. The first-order valence-electron chi connectivity index (χ1n) is 8.77. The minimum absolute atomic E-state index is 0.374. The fraction of sp³-hybridized carbons (Fsp3) is 0.316. The van der Waals surface area contributed by atoms with Gasteiger partial charge in [0.05, 0.1) is 11.8 Å². The second kappa shape index (κ2) is 8.96. The van der Waals surface area contributed by atoms with E-state index >= 15 is 0 Å². The number of aliphatic hydroxyl groups is 1. The summed E-state index contributed by atoms with van der Waals surface area (Å²) in [5.41, 5.74) is 2.46. The molecule has 0 saturated carbocycles. The Kier molecular flexibility index (Phi) is 6.41. The van der Waals surface area contributed by atoms with Crippen molar-refractivity contribution >= 4 is 45.9 Å². The fourth-order valence-electron chi connectivity index (χ4n) is 2.95. The number of hydrogen-bond acceptors (Lipinski definition) is 6. The van der Waals surface area contributed by atoms with E-state index < -0.39 is 0 Å². The van der Waals surface area contributed by atoms with Crippen molar-refractivity contribution in [3.05, 3.63) is 46.2 Å². The third-order valence-corrected chi connectivity index (χ3v) is 4.84. The van der Waals surface area contributed by atoms with E-state index in [-0.39, 0.29) is 6.10 Å². The highest BCUT2D eigenvalue weighted by atomic mass is 79.9. The lowest BCUT2D eigenvalue weighted by Gasteiger charge is -2.30. The summed E-state index contributed by atoms with van der Waals surface area (Å²) in [5.74, 6) is 1.24. The summed E-state index contributed by atoms with van der Waals surface area (Å²) in [4.78, 5) is 21.8. The maximum atomic E-state index is 10.5. The molecule has 1 atom stereocenters. The summed E-state index contributed by atoms with van der Waals surface area (Å²) in [6.45, 7) is 3.23. The largest absolute Gasteiger partial charge is 0.391 e. The highest BCUT2D eigenvalue weighted by Crippen LogP contribution is 2.27. The molecule has 8 heteroatoms. The zero-order valence-corrected chi connectivity index (χ0v) is 16.6. The lowest BCUT2D eigenvalue weighted by molar-refractivity contribution is -0.108. The molecular formula is C19H22BrN5O2. The predicted molar refractivity (Wildman–Crippen MR) is 110 cm³/mol. The van der Waals surface area contributed by atoms with Gasteiger partial charge in [-0.15, -0.1) is 0 Å². The van der Waals surface area contributed by atoms with Gasteiger partial charge in [-0.25, -0.2) is 4.98 Å². The van der Waals surface area contributed by atoms with Gasteiger partial charge < -0.3 is 20.6 Å². The molecule has 1 fully saturated rings. The molecule has 0 bridgehead atoms. The van der Waals surface area contributed by atoms with Gasteiger partial charge in [-0.2, -0.15) is 4.98 Å². The molecule has 0 spiro atoms. The number of carbonyl (C=O) groups is 1. The molecule has 1 aliphatic heterocycles. The molecule has 2 heterocycles. The number of rotatable bonds is 6. The highest BCUT2D eigenvalue weighted by Gasteiger charge is 2.21. The number of nitrogens with one attached hydrogen (secondary N) is 2. The molecule has 7 nitrogen and oxygen atoms in total. The van der Waals surface area contributed by atoms with Gasteiger partial charge in [-0.1, -0.05) is 22.0 Å². The number of amides is 1. The van der Waals surface area contributed by atoms with E-state index in [1.807, 2.05) is 36.1 Å². The number of anilines is 3. The van der Waals surface area contributed by atoms with Crippen molar-refractivity contribution < 1.29 is 9.90 Å². The number of halogens is 1. The smallest absolute Gasteiger partial charge is 0.227 e. The molecule has 1 unspecified atom stereocenters. The van der Waals surface area contributed by atoms with Crippen molar-refractivity contribution in [3.8, 4) is 0 Å². The van der Waals surface area contributed by atoms with Gasteiger partial charge in [0.15, 0.2) is 0 Å². The minimum atomic E-state index is -0.374. The SMILES string of the molecule is Cc1c(/C=C\NC=O)nc(N2CCCC(O)C2)nc1Nc1cccc(Br)c1. The van der Waals surface area contributed by atoms with Crippen LogP contribution in [0.2, 0.25) is 0 Å². The molecule has 1 amide bonds. The standard InChI is InChI=1S/C19H22BrN5O2/c1-13-17(7-8-21-12-26)23-19(25-9-3-6-16(27)11-25)24-18(13)22-15-5-2-4-14(20)10-15/h2,4-5,7-8,10,12,16,27H,3,6,9,11H2,1H3,(H,21,26)(H,22,23,24)/b8-7-. The van der Waals surface area contributed by atoms with Crippen LogP contribution in [0.25, 0.3) is 6.08 Å². The van der Waals surface area contributed by atoms with E-state index in [9.17, 15) is 9.90 Å². The molecule has 3 rings (SSSR count). The van der Waals surface area contributed by atoms with Gasteiger partial charge in [0.1, 0.15) is 5.82 Å². The summed E-state index contributed by atoms with van der Waals surface area (Å²) in [6, 6.07) is 7.83. The number of β-amino-alcohol motifs (C(OH)–C–C–N with tert-alkyl or cyclic N) is 1. The Morgan fingerprint density at radius 1 is 1.37 bits per heavy atom. The van der Waals surface area contributed by atoms with E-state index in [1.54, 1.807) is 12.3 Å². The molecule has 1 aromatic carbocycles. The minimum Gasteiger partial charge on any atom is -0.391 e. The van der Waals surface area contributed by atoms with Crippen molar-refractivity contribution in [1.29, 1.82) is 0 Å². The van der Waals surface area contributed by atoms with E-state index in [1.165, 1.54) is 0 Å². The van der Waals surface area contributed by atoms with E-state index in [2.05, 4.69) is 31.5 Å². The summed E-state index contributed by atoms with van der Waals surface area (Å²) in [7, 11) is 0. The van der Waals surface area contributed by atoms with Crippen molar-refractivity contribution in [2.24, 2.45) is 0 Å². The molecule has 142 valence electrons. The summed E-state index contributed by atoms with van der Waals surface area (Å²) < 4.78 is 0.967. The van der Waals surface area contributed by atoms with E-state index in [0.29, 0.717) is 30.4 Å². The van der Waals surface area contributed by atoms with Gasteiger partial charge in [-0.3, -0.25) is 4.79 Å². The molecule has 0 radical (unpaired) electrons. The average Bonchev–Trinajstić information content (AvgIpc) is 2.65.